The summed E-state index contributed by atoms with van der Waals surface area (Å²) < 4.78 is 0. The fraction of sp³-hybridized carbons (Fsp3) is 0.792. The van der Waals surface area contributed by atoms with Crippen LogP contribution in [0.5, 0.6) is 0 Å². The quantitative estimate of drug-likeness (QED) is 0.375. The van der Waals surface area contributed by atoms with Crippen molar-refractivity contribution in [3.8, 4) is 0 Å². The topological polar surface area (TPSA) is 69.7 Å². The summed E-state index contributed by atoms with van der Waals surface area (Å²) in [6.45, 7) is 12.5. The lowest BCUT2D eigenvalue weighted by Crippen LogP contribution is -2.51. The van der Waals surface area contributed by atoms with Crippen molar-refractivity contribution < 1.29 is 14.4 Å². The molecule has 1 aliphatic carbocycles. The van der Waals surface area contributed by atoms with Gasteiger partial charge in [-0.25, -0.2) is 0 Å². The van der Waals surface area contributed by atoms with Gasteiger partial charge in [-0.1, -0.05) is 39.8 Å². The number of piperidine rings is 1. The third kappa shape index (κ3) is 5.32. The van der Waals surface area contributed by atoms with Crippen molar-refractivity contribution in [3.05, 3.63) is 12.2 Å². The van der Waals surface area contributed by atoms with E-state index in [1.165, 1.54) is 11.3 Å². The molecular weight excluding hydrogens is 378 g/mol. The van der Waals surface area contributed by atoms with E-state index in [2.05, 4.69) is 24.1 Å². The first-order valence-corrected chi connectivity index (χ1v) is 11.8. The number of likely N-dealkylation sites (tertiary alicyclic amines) is 2. The number of nitrogens with one attached hydrogen (secondary N) is 1. The molecule has 2 heterocycles. The molecule has 0 bridgehead atoms. The van der Waals surface area contributed by atoms with Gasteiger partial charge in [-0.15, -0.1) is 0 Å². The molecule has 0 aromatic rings. The van der Waals surface area contributed by atoms with E-state index >= 15 is 0 Å². The fourth-order valence-corrected chi connectivity index (χ4v) is 5.52. The van der Waals surface area contributed by atoms with Crippen molar-refractivity contribution in [1.29, 1.82) is 0 Å². The van der Waals surface area contributed by atoms with E-state index in [0.29, 0.717) is 25.8 Å². The molecule has 6 heteroatoms. The second-order valence-electron chi connectivity index (χ2n) is 10.2. The molecule has 6 nitrogen and oxygen atoms in total. The minimum Gasteiger partial charge on any atom is -0.354 e. The first-order chi connectivity index (χ1) is 14.3. The Morgan fingerprint density at radius 3 is 2.17 bits per heavy atom. The molecule has 30 heavy (non-hydrogen) atoms. The Hall–Kier alpha value is -1.69. The van der Waals surface area contributed by atoms with Gasteiger partial charge in [-0.05, 0) is 56.4 Å². The predicted molar refractivity (Wildman–Crippen MR) is 117 cm³/mol. The zero-order valence-corrected chi connectivity index (χ0v) is 19.1. The van der Waals surface area contributed by atoms with Crippen LogP contribution in [0.1, 0.15) is 59.8 Å². The highest BCUT2D eigenvalue weighted by molar-refractivity contribution is 6.08. The summed E-state index contributed by atoms with van der Waals surface area (Å²) in [7, 11) is 0. The Balaban J connectivity index is 1.55. The highest BCUT2D eigenvalue weighted by Gasteiger charge is 2.51. The summed E-state index contributed by atoms with van der Waals surface area (Å²) in [5.74, 6) is 0.600. The molecule has 3 rings (SSSR count). The summed E-state index contributed by atoms with van der Waals surface area (Å²) in [6.07, 6.45) is 7.86. The van der Waals surface area contributed by atoms with Crippen molar-refractivity contribution in [2.45, 2.75) is 65.8 Å². The SMILES string of the molecule is CC(C)CC(C(=O)NCCCN1CC(C)CC(C)C1)N1C(=O)C2CC=CCC2C1=O. The molecule has 0 aromatic carbocycles. The van der Waals surface area contributed by atoms with Gasteiger partial charge in [0.2, 0.25) is 17.7 Å². The Labute approximate surface area is 181 Å². The summed E-state index contributed by atoms with van der Waals surface area (Å²) in [6, 6.07) is -0.689. The molecule has 3 amide bonds. The van der Waals surface area contributed by atoms with Crippen LogP contribution in [-0.4, -0.2) is 59.7 Å². The normalized spacial score (nSPS) is 30.6. The van der Waals surface area contributed by atoms with E-state index in [0.717, 1.165) is 37.9 Å². The van der Waals surface area contributed by atoms with Gasteiger partial charge >= 0.3 is 0 Å². The van der Waals surface area contributed by atoms with Crippen LogP contribution in [0.15, 0.2) is 12.2 Å². The number of rotatable bonds is 8. The lowest BCUT2D eigenvalue weighted by atomic mass is 9.85. The third-order valence-electron chi connectivity index (χ3n) is 6.75. The van der Waals surface area contributed by atoms with Gasteiger partial charge in [-0.3, -0.25) is 19.3 Å². The highest BCUT2D eigenvalue weighted by atomic mass is 16.2. The van der Waals surface area contributed by atoms with Crippen molar-refractivity contribution >= 4 is 17.7 Å². The molecule has 0 radical (unpaired) electrons. The molecule has 168 valence electrons. The highest BCUT2D eigenvalue weighted by Crippen LogP contribution is 2.37. The number of carbonyl (C=O) groups is 3. The van der Waals surface area contributed by atoms with E-state index in [1.54, 1.807) is 0 Å². The van der Waals surface area contributed by atoms with Crippen LogP contribution in [-0.2, 0) is 14.4 Å². The molecule has 5 atom stereocenters. The van der Waals surface area contributed by atoms with E-state index in [1.807, 2.05) is 26.0 Å². The minimum atomic E-state index is -0.689. The van der Waals surface area contributed by atoms with Crippen LogP contribution >= 0.6 is 0 Å². The molecule has 2 fully saturated rings. The summed E-state index contributed by atoms with van der Waals surface area (Å²) in [5.41, 5.74) is 0. The first-order valence-electron chi connectivity index (χ1n) is 11.8. The van der Waals surface area contributed by atoms with Crippen molar-refractivity contribution in [2.24, 2.45) is 29.6 Å². The predicted octanol–water partition coefficient (Wildman–Crippen LogP) is 2.84. The van der Waals surface area contributed by atoms with Gasteiger partial charge in [0, 0.05) is 19.6 Å². The van der Waals surface area contributed by atoms with E-state index in [4.69, 9.17) is 0 Å². The number of allylic oxidation sites excluding steroid dienone is 2. The standard InChI is InChI=1S/C24H39N3O3/c1-16(2)12-21(27-23(29)19-8-5-6-9-20(19)24(27)30)22(28)25-10-7-11-26-14-17(3)13-18(4)15-26/h5-6,16-21H,7-15H2,1-4H3,(H,25,28). The maximum Gasteiger partial charge on any atom is 0.243 e. The number of nitrogens with zero attached hydrogens (tertiary/aromatic N) is 2. The number of fused-ring (bicyclic) bond motifs is 1. The molecule has 2 saturated heterocycles. The van der Waals surface area contributed by atoms with Crippen LogP contribution in [0.2, 0.25) is 0 Å². The van der Waals surface area contributed by atoms with Gasteiger partial charge in [0.25, 0.3) is 0 Å². The van der Waals surface area contributed by atoms with Crippen molar-refractivity contribution in [1.82, 2.24) is 15.1 Å². The minimum absolute atomic E-state index is 0.161. The monoisotopic (exact) mass is 417 g/mol. The van der Waals surface area contributed by atoms with Crippen LogP contribution in [0, 0.1) is 29.6 Å². The molecular formula is C24H39N3O3. The Bertz CT molecular complexity index is 639. The second kappa shape index (κ2) is 10.1. The van der Waals surface area contributed by atoms with Gasteiger partial charge in [-0.2, -0.15) is 0 Å². The average molecular weight is 418 g/mol. The Kier molecular flexibility index (Phi) is 7.72. The Morgan fingerprint density at radius 1 is 1.07 bits per heavy atom. The zero-order chi connectivity index (χ0) is 21.8. The maximum absolute atomic E-state index is 13.0. The molecule has 0 aromatic heterocycles. The van der Waals surface area contributed by atoms with Crippen LogP contribution in [0.25, 0.3) is 0 Å². The average Bonchev–Trinajstić information content (AvgIpc) is 2.93. The summed E-state index contributed by atoms with van der Waals surface area (Å²) >= 11 is 0. The van der Waals surface area contributed by atoms with Gasteiger partial charge in [0.05, 0.1) is 11.8 Å². The summed E-state index contributed by atoms with van der Waals surface area (Å²) in [4.78, 5) is 42.7. The summed E-state index contributed by atoms with van der Waals surface area (Å²) in [5, 5.41) is 3.02. The lowest BCUT2D eigenvalue weighted by Gasteiger charge is -2.35. The molecule has 5 unspecified atom stereocenters. The largest absolute Gasteiger partial charge is 0.354 e. The smallest absolute Gasteiger partial charge is 0.243 e. The Morgan fingerprint density at radius 2 is 1.63 bits per heavy atom. The van der Waals surface area contributed by atoms with E-state index < -0.39 is 6.04 Å². The number of hydrogen-bond donors (Lipinski definition) is 1. The number of carbonyl (C=O) groups excluding carboxylic acids is 3. The van der Waals surface area contributed by atoms with Crippen LogP contribution in [0.4, 0.5) is 0 Å². The molecule has 0 spiro atoms. The van der Waals surface area contributed by atoms with E-state index in [9.17, 15) is 14.4 Å². The van der Waals surface area contributed by atoms with Crippen molar-refractivity contribution in [3.63, 3.8) is 0 Å². The number of amides is 3. The van der Waals surface area contributed by atoms with Gasteiger partial charge in [0.1, 0.15) is 6.04 Å². The van der Waals surface area contributed by atoms with Crippen LogP contribution < -0.4 is 5.32 Å². The molecule has 0 saturated carbocycles. The fourth-order valence-electron chi connectivity index (χ4n) is 5.52. The van der Waals surface area contributed by atoms with E-state index in [-0.39, 0.29) is 35.5 Å². The molecule has 2 aliphatic heterocycles. The second-order valence-corrected chi connectivity index (χ2v) is 10.2. The maximum atomic E-state index is 13.0. The van der Waals surface area contributed by atoms with Crippen LogP contribution in [0.3, 0.4) is 0 Å². The third-order valence-corrected chi connectivity index (χ3v) is 6.75. The molecule has 3 aliphatic rings. The number of hydrogen-bond acceptors (Lipinski definition) is 4. The number of imide groups is 1. The van der Waals surface area contributed by atoms with Gasteiger partial charge in [0.15, 0.2) is 0 Å². The zero-order valence-electron chi connectivity index (χ0n) is 19.1. The lowest BCUT2D eigenvalue weighted by molar-refractivity contribution is -0.148. The van der Waals surface area contributed by atoms with Gasteiger partial charge < -0.3 is 10.2 Å². The molecule has 1 N–H and O–H groups in total. The first kappa shape index (κ1) is 23.0. The van der Waals surface area contributed by atoms with Crippen molar-refractivity contribution in [2.75, 3.05) is 26.2 Å².